The molecule has 0 bridgehead atoms. The Kier molecular flexibility index (Phi) is 7.09. The minimum absolute atomic E-state index is 0.0766. The second kappa shape index (κ2) is 10.3. The molecule has 5 fully saturated rings. The van der Waals surface area contributed by atoms with Crippen LogP contribution in [0.1, 0.15) is 90.5 Å². The lowest BCUT2D eigenvalue weighted by molar-refractivity contribution is -0.162. The fourth-order valence-corrected chi connectivity index (χ4v) is 9.24. The minimum atomic E-state index is -3.59. The Hall–Kier alpha value is -1.53. The number of anilines is 1. The molecule has 1 N–H and O–H groups in total. The van der Waals surface area contributed by atoms with Crippen molar-refractivity contribution in [3.8, 4) is 0 Å². The Balaban J connectivity index is 1.23. The molecule has 0 aromatic carbocycles. The van der Waals surface area contributed by atoms with Gasteiger partial charge in [0.25, 0.3) is 10.1 Å². The molecule has 0 radical (unpaired) electrons. The molecule has 2 aromatic heterocycles. The van der Waals surface area contributed by atoms with Gasteiger partial charge in [-0.25, -0.2) is 4.98 Å². The normalized spacial score (nSPS) is 33.8. The summed E-state index contributed by atoms with van der Waals surface area (Å²) in [4.78, 5) is 14.2. The molecule has 3 heterocycles. The van der Waals surface area contributed by atoms with Crippen LogP contribution in [0.4, 0.5) is 5.82 Å². The Morgan fingerprint density at radius 2 is 1.73 bits per heavy atom. The highest BCUT2D eigenvalue weighted by atomic mass is 35.5. The SMILES string of the molecule is CC1(C)O[C@H]2[C@H](n3cnc4c(NC(C5CCCCC5)C5CCCCC5)nc(Cl)nc43)[C@H]3C[C@@]3(COS(C)(=O)=O)[C@H]2O1. The Labute approximate surface area is 247 Å². The van der Waals surface area contributed by atoms with Gasteiger partial charge in [0.2, 0.25) is 5.28 Å². The van der Waals surface area contributed by atoms with Gasteiger partial charge >= 0.3 is 0 Å². The molecule has 10 nitrogen and oxygen atoms in total. The summed E-state index contributed by atoms with van der Waals surface area (Å²) in [5.74, 6) is 1.28. The lowest BCUT2D eigenvalue weighted by Crippen LogP contribution is -2.39. The largest absolute Gasteiger partial charge is 0.365 e. The molecule has 0 spiro atoms. The molecule has 1 aliphatic heterocycles. The van der Waals surface area contributed by atoms with E-state index in [9.17, 15) is 8.42 Å². The average molecular weight is 608 g/mol. The number of fused-ring (bicyclic) bond motifs is 4. The summed E-state index contributed by atoms with van der Waals surface area (Å²) in [5.41, 5.74) is 0.946. The number of ether oxygens (including phenoxy) is 2. The van der Waals surface area contributed by atoms with E-state index in [1.165, 1.54) is 64.2 Å². The van der Waals surface area contributed by atoms with E-state index in [0.29, 0.717) is 34.9 Å². The molecule has 4 aliphatic carbocycles. The van der Waals surface area contributed by atoms with Gasteiger partial charge in [-0.3, -0.25) is 4.18 Å². The number of hydrogen-bond acceptors (Lipinski definition) is 9. The molecule has 4 saturated carbocycles. The molecular formula is C29H42ClN5O5S. The van der Waals surface area contributed by atoms with Crippen molar-refractivity contribution in [3.05, 3.63) is 11.6 Å². The first kappa shape index (κ1) is 28.3. The summed E-state index contributed by atoms with van der Waals surface area (Å²) in [6, 6.07) is 0.212. The van der Waals surface area contributed by atoms with Gasteiger partial charge in [-0.15, -0.1) is 0 Å². The highest BCUT2D eigenvalue weighted by molar-refractivity contribution is 7.85. The Morgan fingerprint density at radius 1 is 1.07 bits per heavy atom. The molecule has 226 valence electrons. The number of halogens is 1. The molecule has 7 rings (SSSR count). The summed E-state index contributed by atoms with van der Waals surface area (Å²) in [7, 11) is -3.59. The highest BCUT2D eigenvalue weighted by Crippen LogP contribution is 2.71. The number of aromatic nitrogens is 4. The van der Waals surface area contributed by atoms with Crippen molar-refractivity contribution >= 4 is 38.7 Å². The van der Waals surface area contributed by atoms with Crippen LogP contribution in [0.25, 0.3) is 11.2 Å². The van der Waals surface area contributed by atoms with Crippen LogP contribution in [-0.4, -0.2) is 64.8 Å². The molecule has 5 aliphatic rings. The summed E-state index contributed by atoms with van der Waals surface area (Å²) in [6.45, 7) is 3.87. The standard InChI is InChI=1S/C29H42ClN5O5S/c1-28(2)39-23-22(19-14-29(19,24(23)40-28)15-38-41(3,36)37)35-16-31-21-25(33-27(30)34-26(21)35)32-20(17-10-6-4-7-11-17)18-12-8-5-9-13-18/h16-20,22-24H,4-15H2,1-3H3,(H,32,33,34)/t19-,22-,23+,24+,29+/m1/s1. The van der Waals surface area contributed by atoms with E-state index >= 15 is 0 Å². The van der Waals surface area contributed by atoms with Gasteiger partial charge in [0, 0.05) is 11.5 Å². The number of rotatable bonds is 8. The van der Waals surface area contributed by atoms with Crippen LogP contribution in [0, 0.1) is 23.2 Å². The summed E-state index contributed by atoms with van der Waals surface area (Å²) >= 11 is 6.60. The maximum absolute atomic E-state index is 11.9. The van der Waals surface area contributed by atoms with Crippen LogP contribution in [-0.2, 0) is 23.8 Å². The molecule has 12 heteroatoms. The fourth-order valence-electron chi connectivity index (χ4n) is 8.64. The highest BCUT2D eigenvalue weighted by Gasteiger charge is 2.76. The maximum Gasteiger partial charge on any atom is 0.264 e. The Morgan fingerprint density at radius 3 is 2.37 bits per heavy atom. The molecule has 5 atom stereocenters. The van der Waals surface area contributed by atoms with Crippen LogP contribution in [0.15, 0.2) is 6.33 Å². The van der Waals surface area contributed by atoms with Gasteiger partial charge in [-0.2, -0.15) is 18.4 Å². The first-order chi connectivity index (χ1) is 19.5. The quantitative estimate of drug-likeness (QED) is 0.307. The number of imidazole rings is 1. The number of nitrogens with one attached hydrogen (secondary N) is 1. The molecule has 1 saturated heterocycles. The van der Waals surface area contributed by atoms with Gasteiger partial charge in [-0.05, 0) is 75.3 Å². The summed E-state index contributed by atoms with van der Waals surface area (Å²) in [6.07, 6.45) is 15.9. The zero-order valence-electron chi connectivity index (χ0n) is 24.2. The van der Waals surface area contributed by atoms with E-state index in [-0.39, 0.29) is 36.1 Å². The van der Waals surface area contributed by atoms with E-state index in [0.717, 1.165) is 12.7 Å². The van der Waals surface area contributed by atoms with Crippen LogP contribution in [0.3, 0.4) is 0 Å². The van der Waals surface area contributed by atoms with E-state index < -0.39 is 21.3 Å². The van der Waals surface area contributed by atoms with Crippen LogP contribution < -0.4 is 5.32 Å². The van der Waals surface area contributed by atoms with Crippen molar-refractivity contribution in [2.75, 3.05) is 18.2 Å². The topological polar surface area (TPSA) is 117 Å². The van der Waals surface area contributed by atoms with Crippen LogP contribution >= 0.6 is 11.6 Å². The third-order valence-electron chi connectivity index (χ3n) is 10.5. The van der Waals surface area contributed by atoms with Crippen molar-refractivity contribution in [2.45, 2.75) is 115 Å². The second-order valence-electron chi connectivity index (χ2n) is 13.7. The van der Waals surface area contributed by atoms with E-state index in [1.807, 2.05) is 20.2 Å². The van der Waals surface area contributed by atoms with Crippen molar-refractivity contribution in [3.63, 3.8) is 0 Å². The van der Waals surface area contributed by atoms with Crippen LogP contribution in [0.2, 0.25) is 5.28 Å². The van der Waals surface area contributed by atoms with E-state index in [2.05, 4.69) is 19.9 Å². The summed E-state index contributed by atoms with van der Waals surface area (Å²) in [5, 5.41) is 4.07. The molecular weight excluding hydrogens is 566 g/mol. The third kappa shape index (κ3) is 5.17. The lowest BCUT2D eigenvalue weighted by atomic mass is 9.74. The first-order valence-corrected chi connectivity index (χ1v) is 17.6. The second-order valence-corrected chi connectivity index (χ2v) is 15.6. The van der Waals surface area contributed by atoms with E-state index in [4.69, 9.17) is 30.2 Å². The predicted molar refractivity (Wildman–Crippen MR) is 155 cm³/mol. The number of nitrogens with zero attached hydrogens (tertiary/aromatic N) is 4. The number of hydrogen-bond donors (Lipinski definition) is 1. The van der Waals surface area contributed by atoms with Gasteiger partial charge in [0.05, 0.1) is 31.3 Å². The van der Waals surface area contributed by atoms with Gasteiger partial charge in [0.15, 0.2) is 22.8 Å². The van der Waals surface area contributed by atoms with Gasteiger partial charge < -0.3 is 19.4 Å². The average Bonchev–Trinajstić information content (AvgIpc) is 3.21. The zero-order valence-corrected chi connectivity index (χ0v) is 25.8. The van der Waals surface area contributed by atoms with Gasteiger partial charge in [0.1, 0.15) is 6.10 Å². The molecule has 0 unspecified atom stereocenters. The minimum Gasteiger partial charge on any atom is -0.365 e. The van der Waals surface area contributed by atoms with Crippen molar-refractivity contribution in [2.24, 2.45) is 23.2 Å². The van der Waals surface area contributed by atoms with Crippen molar-refractivity contribution in [1.29, 1.82) is 0 Å². The molecule has 41 heavy (non-hydrogen) atoms. The zero-order chi connectivity index (χ0) is 28.6. The smallest absolute Gasteiger partial charge is 0.264 e. The summed E-state index contributed by atoms with van der Waals surface area (Å²) < 4.78 is 44.0. The van der Waals surface area contributed by atoms with Crippen LogP contribution in [0.5, 0.6) is 0 Å². The monoisotopic (exact) mass is 607 g/mol. The Bertz CT molecular complexity index is 1390. The molecule has 2 aromatic rings. The van der Waals surface area contributed by atoms with Crippen molar-refractivity contribution < 1.29 is 22.1 Å². The molecule has 0 amide bonds. The predicted octanol–water partition coefficient (Wildman–Crippen LogP) is 5.48. The first-order valence-electron chi connectivity index (χ1n) is 15.4. The van der Waals surface area contributed by atoms with Crippen molar-refractivity contribution in [1.82, 2.24) is 19.5 Å². The third-order valence-corrected chi connectivity index (χ3v) is 11.2. The lowest BCUT2D eigenvalue weighted by Gasteiger charge is -2.38. The fraction of sp³-hybridized carbons (Fsp3) is 0.828. The maximum atomic E-state index is 11.9. The van der Waals surface area contributed by atoms with Gasteiger partial charge in [-0.1, -0.05) is 38.5 Å². The van der Waals surface area contributed by atoms with E-state index in [1.54, 1.807) is 0 Å².